The molecule has 0 radical (unpaired) electrons. The third-order valence-electron chi connectivity index (χ3n) is 2.23. The molecule has 0 aromatic carbocycles. The number of carbonyl (C=O) groups is 1. The van der Waals surface area contributed by atoms with Crippen molar-refractivity contribution in [1.29, 1.82) is 0 Å². The zero-order valence-corrected chi connectivity index (χ0v) is 9.58. The van der Waals surface area contributed by atoms with Crippen LogP contribution in [0.4, 0.5) is 0 Å². The quantitative estimate of drug-likeness (QED) is 0.397. The van der Waals surface area contributed by atoms with E-state index in [9.17, 15) is 4.79 Å². The Labute approximate surface area is 90.8 Å². The number of hydrogen-bond donors (Lipinski definition) is 0. The predicted molar refractivity (Wildman–Crippen MR) is 58.5 cm³/mol. The molecule has 1 unspecified atom stereocenters. The maximum Gasteiger partial charge on any atom is 0.302 e. The molecular formula is C12H18O3. The highest BCUT2D eigenvalue weighted by Crippen LogP contribution is 2.27. The number of epoxide rings is 1. The lowest BCUT2D eigenvalue weighted by molar-refractivity contribution is -0.139. The minimum atomic E-state index is -0.242. The molecule has 3 heteroatoms. The van der Waals surface area contributed by atoms with Gasteiger partial charge in [-0.2, -0.15) is 0 Å². The second kappa shape index (κ2) is 5.12. The Kier molecular flexibility index (Phi) is 4.09. The fraction of sp³-hybridized carbons (Fsp3) is 0.583. The Morgan fingerprint density at radius 2 is 2.20 bits per heavy atom. The van der Waals surface area contributed by atoms with Crippen molar-refractivity contribution in [2.24, 2.45) is 0 Å². The van der Waals surface area contributed by atoms with E-state index in [0.29, 0.717) is 6.61 Å². The van der Waals surface area contributed by atoms with Crippen LogP contribution in [0.25, 0.3) is 0 Å². The van der Waals surface area contributed by atoms with Crippen molar-refractivity contribution in [3.63, 3.8) is 0 Å². The molecule has 3 nitrogen and oxygen atoms in total. The van der Waals surface area contributed by atoms with Gasteiger partial charge < -0.3 is 9.47 Å². The molecule has 1 atom stereocenters. The van der Waals surface area contributed by atoms with Crippen LogP contribution < -0.4 is 0 Å². The van der Waals surface area contributed by atoms with Gasteiger partial charge in [0, 0.05) is 6.92 Å². The van der Waals surface area contributed by atoms with E-state index < -0.39 is 0 Å². The zero-order valence-electron chi connectivity index (χ0n) is 9.58. The molecule has 1 aliphatic rings. The first-order valence-corrected chi connectivity index (χ1v) is 5.12. The molecule has 84 valence electrons. The van der Waals surface area contributed by atoms with Crippen molar-refractivity contribution >= 4 is 5.97 Å². The number of esters is 1. The Morgan fingerprint density at radius 1 is 1.53 bits per heavy atom. The van der Waals surface area contributed by atoms with Crippen LogP contribution in [-0.4, -0.2) is 24.8 Å². The van der Waals surface area contributed by atoms with Gasteiger partial charge in [-0.3, -0.25) is 4.79 Å². The van der Waals surface area contributed by atoms with E-state index in [1.807, 2.05) is 13.0 Å². The number of allylic oxidation sites excluding steroid dienone is 2. The fourth-order valence-corrected chi connectivity index (χ4v) is 1.09. The largest absolute Gasteiger partial charge is 0.462 e. The smallest absolute Gasteiger partial charge is 0.302 e. The van der Waals surface area contributed by atoms with Gasteiger partial charge in [-0.25, -0.2) is 0 Å². The van der Waals surface area contributed by atoms with Gasteiger partial charge in [0.2, 0.25) is 0 Å². The summed E-state index contributed by atoms with van der Waals surface area (Å²) in [7, 11) is 0. The van der Waals surface area contributed by atoms with E-state index in [1.165, 1.54) is 12.5 Å². The van der Waals surface area contributed by atoms with Crippen molar-refractivity contribution < 1.29 is 14.3 Å². The van der Waals surface area contributed by atoms with Crippen LogP contribution in [0.5, 0.6) is 0 Å². The topological polar surface area (TPSA) is 38.8 Å². The minimum Gasteiger partial charge on any atom is -0.462 e. The lowest BCUT2D eigenvalue weighted by atomic mass is 10.1. The lowest BCUT2D eigenvalue weighted by Gasteiger charge is -1.99. The van der Waals surface area contributed by atoms with Crippen molar-refractivity contribution in [3.8, 4) is 0 Å². The third kappa shape index (κ3) is 5.37. The van der Waals surface area contributed by atoms with Crippen LogP contribution in [0, 0.1) is 0 Å². The zero-order chi connectivity index (χ0) is 11.3. The second-order valence-corrected chi connectivity index (χ2v) is 4.06. The average Bonchev–Trinajstić information content (AvgIpc) is 2.83. The van der Waals surface area contributed by atoms with Crippen molar-refractivity contribution in [2.45, 2.75) is 32.8 Å². The van der Waals surface area contributed by atoms with Gasteiger partial charge >= 0.3 is 5.97 Å². The summed E-state index contributed by atoms with van der Waals surface area (Å²) in [6.45, 7) is 6.67. The van der Waals surface area contributed by atoms with Crippen molar-refractivity contribution in [1.82, 2.24) is 0 Å². The summed E-state index contributed by atoms with van der Waals surface area (Å²) in [4.78, 5) is 10.5. The molecular weight excluding hydrogens is 192 g/mol. The maximum atomic E-state index is 10.5. The molecule has 1 heterocycles. The fourth-order valence-electron chi connectivity index (χ4n) is 1.09. The number of ether oxygens (including phenoxy) is 2. The first-order valence-electron chi connectivity index (χ1n) is 5.12. The van der Waals surface area contributed by atoms with Crippen LogP contribution in [0.15, 0.2) is 23.8 Å². The van der Waals surface area contributed by atoms with Crippen LogP contribution in [0.3, 0.4) is 0 Å². The molecule has 0 bridgehead atoms. The van der Waals surface area contributed by atoms with Crippen LogP contribution in [0.2, 0.25) is 0 Å². The van der Waals surface area contributed by atoms with Gasteiger partial charge in [0.15, 0.2) is 0 Å². The standard InChI is InChI=1S/C12H18O3/c1-10(6-8-14-11(2)13)5-4-7-12(3)9-15-12/h4,6-7H,5,8-9H2,1-3H3. The Morgan fingerprint density at radius 3 is 2.73 bits per heavy atom. The summed E-state index contributed by atoms with van der Waals surface area (Å²) in [5.41, 5.74) is 1.17. The van der Waals surface area contributed by atoms with Crippen LogP contribution in [-0.2, 0) is 14.3 Å². The molecule has 0 saturated carbocycles. The molecule has 15 heavy (non-hydrogen) atoms. The molecule has 0 aromatic rings. The minimum absolute atomic E-state index is 0.0177. The molecule has 0 spiro atoms. The number of rotatable bonds is 5. The number of carbonyl (C=O) groups excluding carboxylic acids is 1. The first kappa shape index (κ1) is 12.0. The SMILES string of the molecule is CC(=O)OCC=C(C)CC=CC1(C)CO1. The van der Waals surface area contributed by atoms with E-state index in [-0.39, 0.29) is 11.6 Å². The molecule has 0 aliphatic carbocycles. The van der Waals surface area contributed by atoms with Crippen molar-refractivity contribution in [3.05, 3.63) is 23.8 Å². The molecule has 0 aromatic heterocycles. The van der Waals surface area contributed by atoms with Gasteiger partial charge in [-0.15, -0.1) is 0 Å². The summed E-state index contributed by atoms with van der Waals surface area (Å²) in [5.74, 6) is -0.242. The predicted octanol–water partition coefficient (Wildman–Crippen LogP) is 2.23. The molecule has 1 aliphatic heterocycles. The van der Waals surface area contributed by atoms with Gasteiger partial charge in [0.05, 0.1) is 6.61 Å². The van der Waals surface area contributed by atoms with E-state index in [2.05, 4.69) is 19.1 Å². The molecule has 0 amide bonds. The summed E-state index contributed by atoms with van der Waals surface area (Å²) < 4.78 is 10.0. The van der Waals surface area contributed by atoms with Crippen LogP contribution >= 0.6 is 0 Å². The van der Waals surface area contributed by atoms with E-state index in [4.69, 9.17) is 9.47 Å². The van der Waals surface area contributed by atoms with E-state index in [1.54, 1.807) is 0 Å². The maximum absolute atomic E-state index is 10.5. The summed E-state index contributed by atoms with van der Waals surface area (Å²) >= 11 is 0. The normalized spacial score (nSPS) is 25.7. The molecule has 1 saturated heterocycles. The van der Waals surface area contributed by atoms with E-state index >= 15 is 0 Å². The Bertz CT molecular complexity index is 285. The third-order valence-corrected chi connectivity index (χ3v) is 2.23. The second-order valence-electron chi connectivity index (χ2n) is 4.06. The highest BCUT2D eigenvalue weighted by molar-refractivity contribution is 5.66. The average molecular weight is 210 g/mol. The summed E-state index contributed by atoms with van der Waals surface area (Å²) in [6.07, 6.45) is 6.96. The van der Waals surface area contributed by atoms with Gasteiger partial charge in [-0.1, -0.05) is 17.7 Å². The Balaban J connectivity index is 2.19. The summed E-state index contributed by atoms with van der Waals surface area (Å²) in [6, 6.07) is 0. The summed E-state index contributed by atoms with van der Waals surface area (Å²) in [5, 5.41) is 0. The molecule has 0 N–H and O–H groups in total. The monoisotopic (exact) mass is 210 g/mol. The first-order chi connectivity index (χ1) is 7.02. The van der Waals surface area contributed by atoms with Crippen molar-refractivity contribution in [2.75, 3.05) is 13.2 Å². The molecule has 1 rings (SSSR count). The van der Waals surface area contributed by atoms with Gasteiger partial charge in [0.1, 0.15) is 12.2 Å². The van der Waals surface area contributed by atoms with Gasteiger partial charge in [0.25, 0.3) is 0 Å². The highest BCUT2D eigenvalue weighted by Gasteiger charge is 2.35. The highest BCUT2D eigenvalue weighted by atomic mass is 16.6. The Hall–Kier alpha value is -1.09. The number of hydrogen-bond acceptors (Lipinski definition) is 3. The van der Waals surface area contributed by atoms with E-state index in [0.717, 1.165) is 13.0 Å². The molecule has 1 fully saturated rings. The van der Waals surface area contributed by atoms with Crippen LogP contribution in [0.1, 0.15) is 27.2 Å². The van der Waals surface area contributed by atoms with Gasteiger partial charge in [-0.05, 0) is 26.3 Å². The lowest BCUT2D eigenvalue weighted by Crippen LogP contribution is -1.98.